The predicted octanol–water partition coefficient (Wildman–Crippen LogP) is 5.46. The summed E-state index contributed by atoms with van der Waals surface area (Å²) < 4.78 is 38.9. The fourth-order valence-electron chi connectivity index (χ4n) is 3.92. The van der Waals surface area contributed by atoms with Gasteiger partial charge in [-0.1, -0.05) is 42.5 Å². The molecule has 1 N–H and O–H groups in total. The van der Waals surface area contributed by atoms with Gasteiger partial charge in [0.2, 0.25) is 15.8 Å². The van der Waals surface area contributed by atoms with Gasteiger partial charge in [0.1, 0.15) is 11.3 Å². The van der Waals surface area contributed by atoms with Gasteiger partial charge >= 0.3 is 5.97 Å². The summed E-state index contributed by atoms with van der Waals surface area (Å²) in [4.78, 5) is 25.6. The number of ether oxygens (including phenoxy) is 1. The van der Waals surface area contributed by atoms with E-state index >= 15 is 0 Å². The molecule has 0 radical (unpaired) electrons. The Morgan fingerprint density at radius 3 is 2.24 bits per heavy atom. The van der Waals surface area contributed by atoms with Gasteiger partial charge in [-0.15, -0.1) is 0 Å². The fourth-order valence-corrected chi connectivity index (χ4v) is 5.54. The van der Waals surface area contributed by atoms with Crippen LogP contribution in [0.2, 0.25) is 0 Å². The van der Waals surface area contributed by atoms with Crippen LogP contribution >= 0.6 is 0 Å². The third-order valence-electron chi connectivity index (χ3n) is 5.78. The lowest BCUT2D eigenvalue weighted by atomic mass is 10.2. The zero-order valence-electron chi connectivity index (χ0n) is 20.8. The second-order valence-electron chi connectivity index (χ2n) is 8.63. The fraction of sp³-hybridized carbons (Fsp3) is 0.214. The Balaban J connectivity index is 1.59. The van der Waals surface area contributed by atoms with Gasteiger partial charge in [0.25, 0.3) is 5.91 Å². The van der Waals surface area contributed by atoms with Crippen LogP contribution < -0.4 is 5.32 Å². The third kappa shape index (κ3) is 5.58. The highest BCUT2D eigenvalue weighted by Crippen LogP contribution is 2.32. The Kier molecular flexibility index (Phi) is 7.75. The van der Waals surface area contributed by atoms with Crippen molar-refractivity contribution >= 4 is 38.6 Å². The van der Waals surface area contributed by atoms with E-state index in [1.165, 1.54) is 28.6 Å². The summed E-state index contributed by atoms with van der Waals surface area (Å²) >= 11 is 0. The summed E-state index contributed by atoms with van der Waals surface area (Å²) in [6.45, 7) is 5.69. The highest BCUT2D eigenvalue weighted by atomic mass is 32.2. The van der Waals surface area contributed by atoms with Crippen LogP contribution in [0.1, 0.15) is 47.2 Å². The van der Waals surface area contributed by atoms with Crippen LogP contribution in [0.25, 0.3) is 11.0 Å². The molecule has 0 aliphatic carbocycles. The standard InChI is InChI=1S/C28H28N2O6S/c1-4-35-28(32)26-25(23-12-8-9-13-24(23)36-26)29-27(31)21-14-16-22(17-15-21)37(33,34)30(19(2)3)18-20-10-6-5-7-11-20/h5-17,19H,4,18H2,1-3H3,(H,29,31). The number of benzene rings is 3. The molecule has 8 nitrogen and oxygen atoms in total. The number of nitrogens with zero attached hydrogens (tertiary/aromatic N) is 1. The molecular weight excluding hydrogens is 492 g/mol. The molecule has 0 bridgehead atoms. The number of furan rings is 1. The summed E-state index contributed by atoms with van der Waals surface area (Å²) in [5.41, 5.74) is 1.72. The zero-order valence-corrected chi connectivity index (χ0v) is 21.6. The Morgan fingerprint density at radius 2 is 1.59 bits per heavy atom. The third-order valence-corrected chi connectivity index (χ3v) is 7.81. The number of hydrogen-bond acceptors (Lipinski definition) is 6. The van der Waals surface area contributed by atoms with Crippen LogP contribution in [-0.2, 0) is 21.3 Å². The van der Waals surface area contributed by atoms with E-state index in [1.54, 1.807) is 31.2 Å². The maximum Gasteiger partial charge on any atom is 0.376 e. The van der Waals surface area contributed by atoms with Crippen LogP contribution in [0, 0.1) is 0 Å². The molecule has 0 spiro atoms. The first-order valence-electron chi connectivity index (χ1n) is 11.9. The average molecular weight is 521 g/mol. The van der Waals surface area contributed by atoms with E-state index in [1.807, 2.05) is 44.2 Å². The quantitative estimate of drug-likeness (QED) is 0.294. The van der Waals surface area contributed by atoms with Crippen molar-refractivity contribution in [3.05, 3.63) is 95.7 Å². The van der Waals surface area contributed by atoms with Gasteiger partial charge in [-0.2, -0.15) is 4.31 Å². The molecule has 4 rings (SSSR count). The van der Waals surface area contributed by atoms with Crippen LogP contribution in [0.5, 0.6) is 0 Å². The van der Waals surface area contributed by atoms with Gasteiger partial charge in [0.15, 0.2) is 0 Å². The smallest absolute Gasteiger partial charge is 0.376 e. The van der Waals surface area contributed by atoms with Crippen molar-refractivity contribution in [1.29, 1.82) is 0 Å². The number of nitrogens with one attached hydrogen (secondary N) is 1. The van der Waals surface area contributed by atoms with Gasteiger partial charge in [0.05, 0.1) is 11.5 Å². The lowest BCUT2D eigenvalue weighted by molar-refractivity contribution is 0.0494. The van der Waals surface area contributed by atoms with Crippen molar-refractivity contribution in [3.63, 3.8) is 0 Å². The molecule has 1 aromatic heterocycles. The van der Waals surface area contributed by atoms with Crippen LogP contribution in [0.4, 0.5) is 5.69 Å². The molecule has 0 aliphatic rings. The maximum atomic E-state index is 13.4. The monoisotopic (exact) mass is 520 g/mol. The molecule has 0 fully saturated rings. The predicted molar refractivity (Wildman–Crippen MR) is 141 cm³/mol. The Labute approximate surface area is 215 Å². The molecule has 3 aromatic carbocycles. The summed E-state index contributed by atoms with van der Waals surface area (Å²) in [6.07, 6.45) is 0. The van der Waals surface area contributed by atoms with Crippen molar-refractivity contribution in [2.45, 2.75) is 38.3 Å². The first-order valence-corrected chi connectivity index (χ1v) is 13.3. The lowest BCUT2D eigenvalue weighted by Crippen LogP contribution is -2.36. The SMILES string of the molecule is CCOC(=O)c1oc2ccccc2c1NC(=O)c1ccc(S(=O)(=O)N(Cc2ccccc2)C(C)C)cc1. The molecule has 0 aliphatic heterocycles. The van der Waals surface area contributed by atoms with Crippen molar-refractivity contribution in [3.8, 4) is 0 Å². The topological polar surface area (TPSA) is 106 Å². The van der Waals surface area contributed by atoms with Crippen molar-refractivity contribution in [2.24, 2.45) is 0 Å². The summed E-state index contributed by atoms with van der Waals surface area (Å²) in [6, 6.07) is 21.7. The number of rotatable bonds is 9. The lowest BCUT2D eigenvalue weighted by Gasteiger charge is -2.26. The van der Waals surface area contributed by atoms with E-state index in [4.69, 9.17) is 9.15 Å². The molecule has 4 aromatic rings. The van der Waals surface area contributed by atoms with Crippen molar-refractivity contribution < 1.29 is 27.2 Å². The van der Waals surface area contributed by atoms with E-state index in [-0.39, 0.29) is 41.1 Å². The highest BCUT2D eigenvalue weighted by molar-refractivity contribution is 7.89. The Morgan fingerprint density at radius 1 is 0.946 bits per heavy atom. The van der Waals surface area contributed by atoms with Crippen molar-refractivity contribution in [2.75, 3.05) is 11.9 Å². The second kappa shape index (κ2) is 11.0. The molecule has 0 saturated carbocycles. The molecule has 1 heterocycles. The van der Waals surface area contributed by atoms with Crippen LogP contribution in [0.3, 0.4) is 0 Å². The molecule has 0 atom stereocenters. The number of fused-ring (bicyclic) bond motifs is 1. The van der Waals surface area contributed by atoms with Gasteiger partial charge in [-0.05, 0) is 62.7 Å². The molecule has 0 saturated heterocycles. The highest BCUT2D eigenvalue weighted by Gasteiger charge is 2.28. The number of amides is 1. The van der Waals surface area contributed by atoms with Crippen molar-refractivity contribution in [1.82, 2.24) is 4.31 Å². The molecule has 37 heavy (non-hydrogen) atoms. The largest absolute Gasteiger partial charge is 0.460 e. The molecule has 9 heteroatoms. The molecule has 1 amide bonds. The number of anilines is 1. The number of carbonyl (C=O) groups is 2. The summed E-state index contributed by atoms with van der Waals surface area (Å²) in [5.74, 6) is -1.32. The first-order chi connectivity index (χ1) is 17.7. The number of carbonyl (C=O) groups excluding carboxylic acids is 2. The molecular formula is C28H28N2O6S. The van der Waals surface area contributed by atoms with E-state index in [0.29, 0.717) is 11.0 Å². The molecule has 192 valence electrons. The van der Waals surface area contributed by atoms with Crippen LogP contribution in [-0.4, -0.2) is 37.2 Å². The van der Waals surface area contributed by atoms with Crippen LogP contribution in [0.15, 0.2) is 88.2 Å². The Bertz CT molecular complexity index is 1510. The molecule has 0 unspecified atom stereocenters. The second-order valence-corrected chi connectivity index (χ2v) is 10.5. The maximum absolute atomic E-state index is 13.4. The van der Waals surface area contributed by atoms with E-state index in [0.717, 1.165) is 5.56 Å². The number of esters is 1. The number of sulfonamides is 1. The van der Waals surface area contributed by atoms with E-state index < -0.39 is 21.9 Å². The summed E-state index contributed by atoms with van der Waals surface area (Å²) in [5, 5.41) is 3.28. The number of para-hydroxylation sites is 1. The minimum Gasteiger partial charge on any atom is -0.460 e. The normalized spacial score (nSPS) is 11.7. The summed E-state index contributed by atoms with van der Waals surface area (Å²) in [7, 11) is -3.82. The zero-order chi connectivity index (χ0) is 26.6. The minimum absolute atomic E-state index is 0.0784. The van der Waals surface area contributed by atoms with Gasteiger partial charge in [-0.3, -0.25) is 4.79 Å². The van der Waals surface area contributed by atoms with E-state index in [2.05, 4.69) is 5.32 Å². The van der Waals surface area contributed by atoms with Gasteiger partial charge in [0, 0.05) is 23.5 Å². The average Bonchev–Trinajstić information content (AvgIpc) is 3.26. The van der Waals surface area contributed by atoms with E-state index in [9.17, 15) is 18.0 Å². The van der Waals surface area contributed by atoms with Gasteiger partial charge in [-0.25, -0.2) is 13.2 Å². The number of hydrogen-bond donors (Lipinski definition) is 1. The first kappa shape index (κ1) is 26.1. The Hall–Kier alpha value is -3.95. The van der Waals surface area contributed by atoms with Gasteiger partial charge < -0.3 is 14.5 Å². The minimum atomic E-state index is -3.82.